The molecule has 3 aromatic carbocycles. The zero-order valence-electron chi connectivity index (χ0n) is 14.0. The molecule has 3 heteroatoms. The van der Waals surface area contributed by atoms with Gasteiger partial charge in [0.2, 0.25) is 5.78 Å². The first-order valence-electron chi connectivity index (χ1n) is 7.95. The Morgan fingerprint density at radius 3 is 2.38 bits per heavy atom. The van der Waals surface area contributed by atoms with Crippen LogP contribution in [-0.4, -0.2) is 18.9 Å². The van der Waals surface area contributed by atoms with Crippen LogP contribution in [0.2, 0.25) is 0 Å². The van der Waals surface area contributed by atoms with Crippen LogP contribution in [0, 0.1) is 6.92 Å². The molecule has 3 aromatic rings. The number of benzene rings is 3. The van der Waals surface area contributed by atoms with E-state index >= 15 is 0 Å². The second-order valence-corrected chi connectivity index (χ2v) is 8.08. The van der Waals surface area contributed by atoms with Gasteiger partial charge in [0.05, 0.1) is 13.0 Å². The highest BCUT2D eigenvalue weighted by molar-refractivity contribution is 7.55. The minimum absolute atomic E-state index is 0.0377. The SMILES string of the molecule is C=[P+](C)C(NC(=O)c1ccccc1C)c1ccc2ccccc2c1. The summed E-state index contributed by atoms with van der Waals surface area (Å²) in [5.41, 5.74) is 2.82. The van der Waals surface area contributed by atoms with Crippen molar-refractivity contribution in [2.75, 3.05) is 6.66 Å². The molecule has 120 valence electrons. The molecule has 1 N–H and O–H groups in total. The molecule has 0 aliphatic carbocycles. The first-order chi connectivity index (χ1) is 11.6. The van der Waals surface area contributed by atoms with E-state index in [9.17, 15) is 4.79 Å². The normalized spacial score (nSPS) is 12.7. The van der Waals surface area contributed by atoms with Crippen molar-refractivity contribution in [3.05, 3.63) is 83.4 Å². The minimum Gasteiger partial charge on any atom is -0.308 e. The fourth-order valence-corrected chi connectivity index (χ4v) is 3.86. The van der Waals surface area contributed by atoms with Crippen LogP contribution in [0.3, 0.4) is 0 Å². The second-order valence-electron chi connectivity index (χ2n) is 6.05. The van der Waals surface area contributed by atoms with Gasteiger partial charge in [0.15, 0.2) is 0 Å². The van der Waals surface area contributed by atoms with E-state index < -0.39 is 7.55 Å². The highest BCUT2D eigenvalue weighted by Crippen LogP contribution is 2.36. The molecule has 0 aliphatic rings. The first kappa shape index (κ1) is 16.4. The van der Waals surface area contributed by atoms with Crippen molar-refractivity contribution in [1.29, 1.82) is 0 Å². The molecule has 0 heterocycles. The highest BCUT2D eigenvalue weighted by atomic mass is 31.1. The van der Waals surface area contributed by atoms with E-state index in [2.05, 4.69) is 48.6 Å². The first-order valence-corrected chi connectivity index (χ1v) is 9.99. The highest BCUT2D eigenvalue weighted by Gasteiger charge is 2.24. The van der Waals surface area contributed by atoms with Gasteiger partial charge < -0.3 is 5.32 Å². The van der Waals surface area contributed by atoms with Crippen molar-refractivity contribution in [3.8, 4) is 0 Å². The quantitative estimate of drug-likeness (QED) is 0.659. The van der Waals surface area contributed by atoms with E-state index in [1.165, 1.54) is 10.8 Å². The van der Waals surface area contributed by atoms with Crippen molar-refractivity contribution >= 4 is 30.5 Å². The van der Waals surface area contributed by atoms with Crippen molar-refractivity contribution in [3.63, 3.8) is 0 Å². The maximum absolute atomic E-state index is 12.7. The summed E-state index contributed by atoms with van der Waals surface area (Å²) in [6.07, 6.45) is 4.21. The number of carbonyl (C=O) groups is 1. The Hall–Kier alpha value is -2.44. The van der Waals surface area contributed by atoms with Crippen molar-refractivity contribution < 1.29 is 4.79 Å². The molecule has 1 amide bonds. The maximum atomic E-state index is 12.7. The Morgan fingerprint density at radius 2 is 1.67 bits per heavy atom. The average Bonchev–Trinajstić information content (AvgIpc) is 2.59. The Morgan fingerprint density at radius 1 is 1.00 bits per heavy atom. The summed E-state index contributed by atoms with van der Waals surface area (Å²) in [6, 6.07) is 22.3. The van der Waals surface area contributed by atoms with Gasteiger partial charge in [0, 0.05) is 11.1 Å². The number of hydrogen-bond acceptors (Lipinski definition) is 1. The van der Waals surface area contributed by atoms with E-state index in [1.807, 2.05) is 43.3 Å². The van der Waals surface area contributed by atoms with Crippen LogP contribution in [0.1, 0.15) is 27.3 Å². The Balaban J connectivity index is 1.93. The molecule has 0 radical (unpaired) electrons. The standard InChI is InChI=1S/C21H20NOP/c1-15-8-4-7-11-19(15)20(23)22-21(24(2)3)18-13-12-16-9-5-6-10-17(16)14-18/h4-14,21H,2H2,1,3H3/p+1. The van der Waals surface area contributed by atoms with E-state index in [-0.39, 0.29) is 11.7 Å². The van der Waals surface area contributed by atoms with E-state index in [0.717, 1.165) is 16.7 Å². The van der Waals surface area contributed by atoms with Gasteiger partial charge in [0.25, 0.3) is 5.91 Å². The molecular formula is C21H21NOP+. The van der Waals surface area contributed by atoms with Gasteiger partial charge in [0.1, 0.15) is 7.55 Å². The van der Waals surface area contributed by atoms with Gasteiger partial charge in [-0.2, -0.15) is 0 Å². The van der Waals surface area contributed by atoms with Crippen LogP contribution in [0.4, 0.5) is 0 Å². The zero-order chi connectivity index (χ0) is 17.1. The predicted molar refractivity (Wildman–Crippen MR) is 105 cm³/mol. The van der Waals surface area contributed by atoms with Crippen LogP contribution in [-0.2, 0) is 0 Å². The lowest BCUT2D eigenvalue weighted by atomic mass is 10.1. The lowest BCUT2D eigenvalue weighted by Gasteiger charge is -2.14. The van der Waals surface area contributed by atoms with Gasteiger partial charge in [-0.05, 0) is 35.4 Å². The number of nitrogens with one attached hydrogen (secondary N) is 1. The summed E-state index contributed by atoms with van der Waals surface area (Å²) < 4.78 is 0. The molecule has 0 saturated heterocycles. The van der Waals surface area contributed by atoms with Crippen LogP contribution in [0.5, 0.6) is 0 Å². The molecule has 0 fully saturated rings. The van der Waals surface area contributed by atoms with Crippen molar-refractivity contribution in [2.45, 2.75) is 12.7 Å². The third kappa shape index (κ3) is 3.39. The average molecular weight is 334 g/mol. The summed E-state index contributed by atoms with van der Waals surface area (Å²) in [5.74, 6) is -0.0963. The number of hydrogen-bond donors (Lipinski definition) is 1. The van der Waals surface area contributed by atoms with Crippen LogP contribution in [0.25, 0.3) is 10.8 Å². The van der Waals surface area contributed by atoms with Crippen LogP contribution < -0.4 is 5.32 Å². The molecule has 0 spiro atoms. The third-order valence-electron chi connectivity index (χ3n) is 4.19. The molecule has 2 atom stereocenters. The van der Waals surface area contributed by atoms with Crippen LogP contribution in [0.15, 0.2) is 66.7 Å². The Labute approximate surface area is 143 Å². The van der Waals surface area contributed by atoms with E-state index in [1.54, 1.807) is 0 Å². The number of rotatable bonds is 4. The van der Waals surface area contributed by atoms with Crippen molar-refractivity contribution in [2.24, 2.45) is 0 Å². The smallest absolute Gasteiger partial charge is 0.255 e. The molecule has 0 saturated carbocycles. The van der Waals surface area contributed by atoms with E-state index in [4.69, 9.17) is 0 Å². The summed E-state index contributed by atoms with van der Waals surface area (Å²) in [4.78, 5) is 12.7. The fraction of sp³-hybridized carbons (Fsp3) is 0.143. The monoisotopic (exact) mass is 334 g/mol. The fourth-order valence-electron chi connectivity index (χ4n) is 2.86. The molecular weight excluding hydrogens is 313 g/mol. The molecule has 2 unspecified atom stereocenters. The van der Waals surface area contributed by atoms with Crippen molar-refractivity contribution in [1.82, 2.24) is 5.32 Å². The molecule has 3 rings (SSSR count). The largest absolute Gasteiger partial charge is 0.308 e. The summed E-state index contributed by atoms with van der Waals surface area (Å²) in [5, 5.41) is 5.57. The predicted octanol–water partition coefficient (Wildman–Crippen LogP) is 5.12. The topological polar surface area (TPSA) is 29.1 Å². The van der Waals surface area contributed by atoms with Crippen LogP contribution >= 0.6 is 7.55 Å². The summed E-state index contributed by atoms with van der Waals surface area (Å²) >= 11 is 0. The lowest BCUT2D eigenvalue weighted by molar-refractivity contribution is 0.0948. The molecule has 2 nitrogen and oxygen atoms in total. The summed E-state index contributed by atoms with van der Waals surface area (Å²) in [7, 11) is -0.610. The van der Waals surface area contributed by atoms with Gasteiger partial charge in [-0.3, -0.25) is 4.79 Å². The third-order valence-corrected chi connectivity index (χ3v) is 5.50. The summed E-state index contributed by atoms with van der Waals surface area (Å²) in [6.45, 7) is 4.05. The molecule has 0 bridgehead atoms. The van der Waals surface area contributed by atoms with Gasteiger partial charge >= 0.3 is 0 Å². The zero-order valence-corrected chi connectivity index (χ0v) is 14.9. The van der Waals surface area contributed by atoms with Gasteiger partial charge in [-0.15, -0.1) is 0 Å². The maximum Gasteiger partial charge on any atom is 0.255 e. The molecule has 0 aromatic heterocycles. The number of aryl methyl sites for hydroxylation is 1. The van der Waals surface area contributed by atoms with Gasteiger partial charge in [-0.1, -0.05) is 54.6 Å². The Kier molecular flexibility index (Phi) is 4.78. The minimum atomic E-state index is -0.610. The van der Waals surface area contributed by atoms with E-state index in [0.29, 0.717) is 0 Å². The lowest BCUT2D eigenvalue weighted by Crippen LogP contribution is -2.27. The number of fused-ring (bicyclic) bond motifs is 1. The Bertz CT molecular complexity index is 916. The second kappa shape index (κ2) is 6.98. The molecule has 0 aliphatic heterocycles. The number of carbonyl (C=O) groups excluding carboxylic acids is 1. The molecule has 24 heavy (non-hydrogen) atoms. The van der Waals surface area contributed by atoms with Gasteiger partial charge in [-0.25, -0.2) is 0 Å². The number of amides is 1.